The van der Waals surface area contributed by atoms with Crippen LogP contribution in [0.15, 0.2) is 11.3 Å². The number of aliphatic imine (C=N–C) groups is 1. The number of nitrogens with one attached hydrogen (secondary N) is 2. The van der Waals surface area contributed by atoms with Gasteiger partial charge >= 0.3 is 0 Å². The SMILES string of the molecule is CCCCCN=C(NCCn1cnnc1CC)NC(C)C1CCCO1. The number of guanidine groups is 1. The predicted molar refractivity (Wildman–Crippen MR) is 101 cm³/mol. The highest BCUT2D eigenvalue weighted by molar-refractivity contribution is 5.80. The summed E-state index contributed by atoms with van der Waals surface area (Å²) in [6, 6.07) is 0.265. The average Bonchev–Trinajstić information content (AvgIpc) is 3.29. The molecule has 1 aliphatic rings. The Hall–Kier alpha value is -1.63. The number of hydrogen-bond acceptors (Lipinski definition) is 4. The number of ether oxygens (including phenoxy) is 1. The molecule has 25 heavy (non-hydrogen) atoms. The molecule has 1 saturated heterocycles. The molecule has 7 heteroatoms. The standard InChI is InChI=1S/C18H34N6O/c1-4-6-7-10-19-18(22-15(3)16-9-8-13-25-16)20-11-12-24-14-21-23-17(24)5-2/h14-16H,4-13H2,1-3H3,(H2,19,20,22). The molecule has 0 bridgehead atoms. The van der Waals surface area contributed by atoms with Crippen LogP contribution in [0.1, 0.15) is 58.7 Å². The number of unbranched alkanes of at least 4 members (excludes halogenated alkanes) is 2. The maximum absolute atomic E-state index is 5.79. The van der Waals surface area contributed by atoms with Crippen molar-refractivity contribution >= 4 is 5.96 Å². The quantitative estimate of drug-likeness (QED) is 0.384. The summed E-state index contributed by atoms with van der Waals surface area (Å²) in [5, 5.41) is 15.1. The predicted octanol–water partition coefficient (Wildman–Crippen LogP) is 2.13. The first-order valence-corrected chi connectivity index (χ1v) is 9.77. The van der Waals surface area contributed by atoms with E-state index in [2.05, 4.69) is 46.2 Å². The minimum Gasteiger partial charge on any atom is -0.376 e. The molecular formula is C18H34N6O. The highest BCUT2D eigenvalue weighted by Crippen LogP contribution is 2.15. The van der Waals surface area contributed by atoms with Crippen LogP contribution in [0.25, 0.3) is 0 Å². The van der Waals surface area contributed by atoms with Crippen molar-refractivity contribution < 1.29 is 4.74 Å². The van der Waals surface area contributed by atoms with Crippen LogP contribution in [-0.2, 0) is 17.7 Å². The van der Waals surface area contributed by atoms with Crippen molar-refractivity contribution in [1.82, 2.24) is 25.4 Å². The molecule has 0 aliphatic carbocycles. The third kappa shape index (κ3) is 6.65. The Bertz CT molecular complexity index is 509. The van der Waals surface area contributed by atoms with E-state index < -0.39 is 0 Å². The lowest BCUT2D eigenvalue weighted by Crippen LogP contribution is -2.47. The average molecular weight is 351 g/mol. The molecule has 1 aromatic rings. The van der Waals surface area contributed by atoms with Gasteiger partial charge in [0.15, 0.2) is 5.96 Å². The van der Waals surface area contributed by atoms with Gasteiger partial charge in [0.25, 0.3) is 0 Å². The zero-order valence-electron chi connectivity index (χ0n) is 16.0. The normalized spacial score (nSPS) is 19.2. The summed E-state index contributed by atoms with van der Waals surface area (Å²) in [6.45, 7) is 9.84. The minimum atomic E-state index is 0.265. The lowest BCUT2D eigenvalue weighted by molar-refractivity contribution is 0.0890. The molecule has 0 saturated carbocycles. The third-order valence-corrected chi connectivity index (χ3v) is 4.58. The fourth-order valence-electron chi connectivity index (χ4n) is 3.04. The Kier molecular flexibility index (Phi) is 8.72. The van der Waals surface area contributed by atoms with Crippen LogP contribution in [0, 0.1) is 0 Å². The Morgan fingerprint density at radius 2 is 2.32 bits per heavy atom. The Morgan fingerprint density at radius 3 is 3.04 bits per heavy atom. The largest absolute Gasteiger partial charge is 0.376 e. The van der Waals surface area contributed by atoms with Gasteiger partial charge in [-0.3, -0.25) is 4.99 Å². The first-order chi connectivity index (χ1) is 12.2. The van der Waals surface area contributed by atoms with Crippen molar-refractivity contribution in [3.8, 4) is 0 Å². The molecule has 0 amide bonds. The fourth-order valence-corrected chi connectivity index (χ4v) is 3.04. The summed E-state index contributed by atoms with van der Waals surface area (Å²) in [5.74, 6) is 1.90. The molecule has 0 spiro atoms. The lowest BCUT2D eigenvalue weighted by atomic mass is 10.1. The number of hydrogen-bond donors (Lipinski definition) is 2. The van der Waals surface area contributed by atoms with E-state index in [1.807, 2.05) is 0 Å². The zero-order valence-corrected chi connectivity index (χ0v) is 16.0. The van der Waals surface area contributed by atoms with Gasteiger partial charge in [0.2, 0.25) is 0 Å². The van der Waals surface area contributed by atoms with Gasteiger partial charge in [0, 0.05) is 32.7 Å². The number of aromatic nitrogens is 3. The molecule has 2 unspecified atom stereocenters. The molecular weight excluding hydrogens is 316 g/mol. The highest BCUT2D eigenvalue weighted by atomic mass is 16.5. The van der Waals surface area contributed by atoms with Crippen LogP contribution in [0.5, 0.6) is 0 Å². The van der Waals surface area contributed by atoms with E-state index >= 15 is 0 Å². The number of rotatable bonds is 10. The highest BCUT2D eigenvalue weighted by Gasteiger charge is 2.22. The van der Waals surface area contributed by atoms with Crippen LogP contribution in [0.4, 0.5) is 0 Å². The van der Waals surface area contributed by atoms with Gasteiger partial charge in [-0.15, -0.1) is 10.2 Å². The molecule has 2 rings (SSSR count). The van der Waals surface area contributed by atoms with Crippen molar-refractivity contribution in [1.29, 1.82) is 0 Å². The maximum Gasteiger partial charge on any atom is 0.191 e. The zero-order chi connectivity index (χ0) is 17.9. The van der Waals surface area contributed by atoms with E-state index in [0.29, 0.717) is 0 Å². The van der Waals surface area contributed by atoms with Crippen molar-refractivity contribution in [3.63, 3.8) is 0 Å². The summed E-state index contributed by atoms with van der Waals surface area (Å²) in [4.78, 5) is 4.73. The second-order valence-corrected chi connectivity index (χ2v) is 6.64. The van der Waals surface area contributed by atoms with Crippen LogP contribution in [0.2, 0.25) is 0 Å². The Morgan fingerprint density at radius 1 is 1.44 bits per heavy atom. The van der Waals surface area contributed by atoms with Gasteiger partial charge in [-0.25, -0.2) is 0 Å². The minimum absolute atomic E-state index is 0.265. The Labute approximate surface area is 151 Å². The van der Waals surface area contributed by atoms with Gasteiger partial charge in [0.1, 0.15) is 12.2 Å². The van der Waals surface area contributed by atoms with E-state index in [0.717, 1.165) is 63.7 Å². The summed E-state index contributed by atoms with van der Waals surface area (Å²) in [7, 11) is 0. The number of aryl methyl sites for hydroxylation is 1. The first-order valence-electron chi connectivity index (χ1n) is 9.77. The molecule has 7 nitrogen and oxygen atoms in total. The van der Waals surface area contributed by atoms with Gasteiger partial charge in [-0.05, 0) is 26.2 Å². The van der Waals surface area contributed by atoms with E-state index in [9.17, 15) is 0 Å². The molecule has 2 heterocycles. The molecule has 142 valence electrons. The van der Waals surface area contributed by atoms with Crippen molar-refractivity contribution in [2.45, 2.75) is 78.0 Å². The monoisotopic (exact) mass is 350 g/mol. The molecule has 0 aromatic carbocycles. The molecule has 1 aromatic heterocycles. The number of nitrogens with zero attached hydrogens (tertiary/aromatic N) is 4. The van der Waals surface area contributed by atoms with Crippen molar-refractivity contribution in [2.24, 2.45) is 4.99 Å². The molecule has 1 fully saturated rings. The van der Waals surface area contributed by atoms with Crippen molar-refractivity contribution in [2.75, 3.05) is 19.7 Å². The van der Waals surface area contributed by atoms with Gasteiger partial charge in [-0.2, -0.15) is 0 Å². The maximum atomic E-state index is 5.79. The van der Waals surface area contributed by atoms with Crippen LogP contribution in [-0.4, -0.2) is 52.6 Å². The van der Waals surface area contributed by atoms with E-state index in [-0.39, 0.29) is 12.1 Å². The summed E-state index contributed by atoms with van der Waals surface area (Å²) in [6.07, 6.45) is 8.81. The topological polar surface area (TPSA) is 76.4 Å². The third-order valence-electron chi connectivity index (χ3n) is 4.58. The van der Waals surface area contributed by atoms with Gasteiger partial charge in [-0.1, -0.05) is 26.7 Å². The van der Waals surface area contributed by atoms with E-state index in [1.165, 1.54) is 12.8 Å². The van der Waals surface area contributed by atoms with Crippen LogP contribution < -0.4 is 10.6 Å². The smallest absolute Gasteiger partial charge is 0.191 e. The Balaban J connectivity index is 1.84. The van der Waals surface area contributed by atoms with Gasteiger partial charge in [0.05, 0.1) is 12.1 Å². The van der Waals surface area contributed by atoms with Crippen molar-refractivity contribution in [3.05, 3.63) is 12.2 Å². The lowest BCUT2D eigenvalue weighted by Gasteiger charge is -2.23. The molecule has 2 atom stereocenters. The first kappa shape index (κ1) is 19.7. The van der Waals surface area contributed by atoms with Gasteiger partial charge < -0.3 is 19.9 Å². The molecule has 2 N–H and O–H groups in total. The molecule has 0 radical (unpaired) electrons. The van der Waals surface area contributed by atoms with Crippen LogP contribution >= 0.6 is 0 Å². The van der Waals surface area contributed by atoms with E-state index in [1.54, 1.807) is 6.33 Å². The van der Waals surface area contributed by atoms with Crippen LogP contribution in [0.3, 0.4) is 0 Å². The molecule has 1 aliphatic heterocycles. The summed E-state index contributed by atoms with van der Waals surface area (Å²) < 4.78 is 7.87. The summed E-state index contributed by atoms with van der Waals surface area (Å²) >= 11 is 0. The van der Waals surface area contributed by atoms with E-state index in [4.69, 9.17) is 9.73 Å². The second-order valence-electron chi connectivity index (χ2n) is 6.64. The summed E-state index contributed by atoms with van der Waals surface area (Å²) in [5.41, 5.74) is 0. The second kappa shape index (κ2) is 11.1. The fraction of sp³-hybridized carbons (Fsp3) is 0.833.